The number of nitrogens with zero attached hydrogens (tertiary/aromatic N) is 1. The van der Waals surface area contributed by atoms with Gasteiger partial charge in [-0.1, -0.05) is 23.8 Å². The highest BCUT2D eigenvalue weighted by Gasteiger charge is 2.15. The number of anilines is 1. The van der Waals surface area contributed by atoms with Crippen LogP contribution in [0.25, 0.3) is 0 Å². The Morgan fingerprint density at radius 1 is 1.47 bits per heavy atom. The van der Waals surface area contributed by atoms with Gasteiger partial charge in [0.15, 0.2) is 0 Å². The summed E-state index contributed by atoms with van der Waals surface area (Å²) in [5.74, 6) is -0.781. The fourth-order valence-corrected chi connectivity index (χ4v) is 1.83. The summed E-state index contributed by atoms with van der Waals surface area (Å²) in [6.45, 7) is 0. The molecule has 5 nitrogen and oxygen atoms in total. The number of amides is 1. The molecule has 19 heavy (non-hydrogen) atoms. The number of halogens is 2. The van der Waals surface area contributed by atoms with Crippen molar-refractivity contribution in [2.24, 2.45) is 5.73 Å². The number of carbonyl (C=O) groups excluding carboxylic acids is 1. The normalized spacial score (nSPS) is 10.2. The molecule has 0 aliphatic rings. The summed E-state index contributed by atoms with van der Waals surface area (Å²) in [4.78, 5) is 12.1. The van der Waals surface area contributed by atoms with Crippen molar-refractivity contribution in [3.8, 4) is 0 Å². The van der Waals surface area contributed by atoms with Crippen molar-refractivity contribution in [1.29, 1.82) is 0 Å². The monoisotopic (exact) mass is 298 g/mol. The van der Waals surface area contributed by atoms with E-state index in [1.165, 1.54) is 12.3 Å². The van der Waals surface area contributed by atoms with Crippen LogP contribution < -0.4 is 11.1 Å². The molecule has 0 atom stereocenters. The minimum absolute atomic E-state index is 0.00823. The van der Waals surface area contributed by atoms with Crippen LogP contribution in [0.3, 0.4) is 0 Å². The quantitative estimate of drug-likeness (QED) is 0.758. The molecule has 8 heteroatoms. The number of rotatable bonds is 3. The number of hydrogen-bond donors (Lipinski definition) is 3. The summed E-state index contributed by atoms with van der Waals surface area (Å²) >= 11 is 10.6. The average Bonchev–Trinajstić information content (AvgIpc) is 2.76. The Morgan fingerprint density at radius 3 is 2.84 bits per heavy atom. The minimum atomic E-state index is -0.522. The van der Waals surface area contributed by atoms with Gasteiger partial charge in [0.2, 0.25) is 0 Å². The van der Waals surface area contributed by atoms with Crippen LogP contribution in [0.15, 0.2) is 24.4 Å². The molecule has 0 spiro atoms. The van der Waals surface area contributed by atoms with E-state index in [0.717, 1.165) is 12.1 Å². The highest BCUT2D eigenvalue weighted by atomic mass is 35.5. The lowest BCUT2D eigenvalue weighted by molar-refractivity contribution is 0.102. The summed E-state index contributed by atoms with van der Waals surface area (Å²) in [7, 11) is 0. The molecule has 1 heterocycles. The molecule has 98 valence electrons. The van der Waals surface area contributed by atoms with E-state index in [4.69, 9.17) is 29.6 Å². The summed E-state index contributed by atoms with van der Waals surface area (Å²) in [5.41, 5.74) is 6.00. The Balaban J connectivity index is 2.26. The maximum absolute atomic E-state index is 12.9. The molecule has 0 radical (unpaired) electrons. The van der Waals surface area contributed by atoms with Crippen LogP contribution in [-0.2, 0) is 0 Å². The number of nitrogens with one attached hydrogen (secondary N) is 2. The zero-order chi connectivity index (χ0) is 14.0. The Morgan fingerprint density at radius 2 is 2.21 bits per heavy atom. The van der Waals surface area contributed by atoms with Crippen molar-refractivity contribution in [3.63, 3.8) is 0 Å². The Labute approximate surface area is 117 Å². The second-order valence-corrected chi connectivity index (χ2v) is 4.45. The molecule has 0 unspecified atom stereocenters. The SMILES string of the molecule is NC(=S)c1cn[nH]c1NC(=O)c1ccc(F)cc1Cl. The minimum Gasteiger partial charge on any atom is -0.389 e. The number of hydrogen-bond acceptors (Lipinski definition) is 3. The number of aromatic amines is 1. The third kappa shape index (κ3) is 2.88. The van der Waals surface area contributed by atoms with E-state index in [1.807, 2.05) is 0 Å². The van der Waals surface area contributed by atoms with Gasteiger partial charge in [-0.15, -0.1) is 0 Å². The van der Waals surface area contributed by atoms with Crippen LogP contribution in [0.1, 0.15) is 15.9 Å². The fraction of sp³-hybridized carbons (Fsp3) is 0. The average molecular weight is 299 g/mol. The number of thiocarbonyl (C=S) groups is 1. The van der Waals surface area contributed by atoms with Crippen molar-refractivity contribution >= 4 is 40.5 Å². The van der Waals surface area contributed by atoms with Gasteiger partial charge in [0.05, 0.1) is 22.3 Å². The van der Waals surface area contributed by atoms with Gasteiger partial charge in [-0.25, -0.2) is 4.39 Å². The molecule has 0 fully saturated rings. The van der Waals surface area contributed by atoms with Gasteiger partial charge >= 0.3 is 0 Å². The molecular formula is C11H8ClFN4OS. The van der Waals surface area contributed by atoms with E-state index >= 15 is 0 Å². The molecule has 1 aromatic carbocycles. The predicted octanol–water partition coefficient (Wildman–Crippen LogP) is 2.09. The molecule has 4 N–H and O–H groups in total. The van der Waals surface area contributed by atoms with E-state index in [0.29, 0.717) is 5.56 Å². The first-order chi connectivity index (χ1) is 8.99. The fourth-order valence-electron chi connectivity index (χ4n) is 1.42. The summed E-state index contributed by atoms with van der Waals surface area (Å²) < 4.78 is 12.9. The van der Waals surface area contributed by atoms with E-state index in [2.05, 4.69) is 15.5 Å². The second kappa shape index (κ2) is 5.33. The Bertz CT molecular complexity index is 658. The first-order valence-electron chi connectivity index (χ1n) is 5.08. The van der Waals surface area contributed by atoms with Gasteiger partial charge < -0.3 is 11.1 Å². The zero-order valence-electron chi connectivity index (χ0n) is 9.41. The molecule has 1 aromatic heterocycles. The van der Waals surface area contributed by atoms with Gasteiger partial charge in [0.1, 0.15) is 16.6 Å². The topological polar surface area (TPSA) is 83.8 Å². The molecule has 0 saturated carbocycles. The van der Waals surface area contributed by atoms with E-state index < -0.39 is 11.7 Å². The zero-order valence-corrected chi connectivity index (χ0v) is 11.0. The van der Waals surface area contributed by atoms with Crippen LogP contribution in [0.2, 0.25) is 5.02 Å². The standard InChI is InChI=1S/C11H8ClFN4OS/c12-8-3-5(13)1-2-6(8)11(18)16-10-7(9(14)19)4-15-17-10/h1-4H,(H2,14,19)(H2,15,16,17,18). The molecule has 0 bridgehead atoms. The summed E-state index contributed by atoms with van der Waals surface area (Å²) in [6.07, 6.45) is 1.39. The second-order valence-electron chi connectivity index (χ2n) is 3.60. The maximum Gasteiger partial charge on any atom is 0.258 e. The Hall–Kier alpha value is -1.99. The maximum atomic E-state index is 12.9. The molecule has 0 aliphatic heterocycles. The van der Waals surface area contributed by atoms with E-state index in [-0.39, 0.29) is 21.4 Å². The van der Waals surface area contributed by atoms with Gasteiger partial charge in [0, 0.05) is 0 Å². The lowest BCUT2D eigenvalue weighted by atomic mass is 10.2. The molecular weight excluding hydrogens is 291 g/mol. The number of H-pyrrole nitrogens is 1. The number of benzene rings is 1. The third-order valence-corrected chi connectivity index (χ3v) is 2.85. The first kappa shape index (κ1) is 13.4. The van der Waals surface area contributed by atoms with Crippen molar-refractivity contribution in [2.45, 2.75) is 0 Å². The lowest BCUT2D eigenvalue weighted by Crippen LogP contribution is -2.17. The van der Waals surface area contributed by atoms with Crippen LogP contribution >= 0.6 is 23.8 Å². The van der Waals surface area contributed by atoms with Crippen molar-refractivity contribution < 1.29 is 9.18 Å². The molecule has 2 aromatic rings. The molecule has 1 amide bonds. The first-order valence-corrected chi connectivity index (χ1v) is 5.87. The van der Waals surface area contributed by atoms with Gasteiger partial charge in [-0.05, 0) is 18.2 Å². The molecule has 0 aliphatic carbocycles. The van der Waals surface area contributed by atoms with E-state index in [1.54, 1.807) is 0 Å². The predicted molar refractivity (Wildman–Crippen MR) is 73.8 cm³/mol. The third-order valence-electron chi connectivity index (χ3n) is 2.32. The Kier molecular flexibility index (Phi) is 3.77. The highest BCUT2D eigenvalue weighted by Crippen LogP contribution is 2.19. The van der Waals surface area contributed by atoms with E-state index in [9.17, 15) is 9.18 Å². The number of aromatic nitrogens is 2. The lowest BCUT2D eigenvalue weighted by Gasteiger charge is -2.06. The van der Waals surface area contributed by atoms with Gasteiger partial charge in [-0.3, -0.25) is 9.89 Å². The smallest absolute Gasteiger partial charge is 0.258 e. The largest absolute Gasteiger partial charge is 0.389 e. The molecule has 2 rings (SSSR count). The van der Waals surface area contributed by atoms with Crippen LogP contribution in [0, 0.1) is 5.82 Å². The summed E-state index contributed by atoms with van der Waals surface area (Å²) in [6, 6.07) is 3.48. The van der Waals surface area contributed by atoms with Crippen molar-refractivity contribution in [3.05, 3.63) is 46.4 Å². The highest BCUT2D eigenvalue weighted by molar-refractivity contribution is 7.80. The van der Waals surface area contributed by atoms with Gasteiger partial charge in [-0.2, -0.15) is 5.10 Å². The van der Waals surface area contributed by atoms with Gasteiger partial charge in [0.25, 0.3) is 5.91 Å². The number of carbonyl (C=O) groups is 1. The number of nitrogens with two attached hydrogens (primary N) is 1. The van der Waals surface area contributed by atoms with Crippen molar-refractivity contribution in [2.75, 3.05) is 5.32 Å². The van der Waals surface area contributed by atoms with Crippen molar-refractivity contribution in [1.82, 2.24) is 10.2 Å². The van der Waals surface area contributed by atoms with Crippen LogP contribution in [-0.4, -0.2) is 21.1 Å². The summed E-state index contributed by atoms with van der Waals surface area (Å²) in [5, 5.41) is 8.80. The van der Waals surface area contributed by atoms with Crippen LogP contribution in [0.5, 0.6) is 0 Å². The molecule has 0 saturated heterocycles. The van der Waals surface area contributed by atoms with Crippen LogP contribution in [0.4, 0.5) is 10.2 Å².